The fourth-order valence-corrected chi connectivity index (χ4v) is 3.56. The highest BCUT2D eigenvalue weighted by Crippen LogP contribution is 2.17. The first-order valence-corrected chi connectivity index (χ1v) is 7.88. The summed E-state index contributed by atoms with van der Waals surface area (Å²) < 4.78 is 24.9. The Kier molecular flexibility index (Phi) is 4.19. The molecule has 0 atom stereocenters. The molecule has 0 aromatic heterocycles. The van der Waals surface area contributed by atoms with Crippen molar-refractivity contribution in [3.05, 3.63) is 28.7 Å². The number of sulfonamides is 1. The molecule has 0 aliphatic carbocycles. The highest BCUT2D eigenvalue weighted by Gasteiger charge is 2.19. The van der Waals surface area contributed by atoms with Crippen LogP contribution in [0.5, 0.6) is 0 Å². The Morgan fingerprint density at radius 2 is 1.88 bits per heavy atom. The van der Waals surface area contributed by atoms with Gasteiger partial charge in [0.05, 0.1) is 4.90 Å². The van der Waals surface area contributed by atoms with Gasteiger partial charge in [-0.05, 0) is 31.0 Å². The van der Waals surface area contributed by atoms with Gasteiger partial charge in [-0.2, -0.15) is 0 Å². The molecule has 1 aliphatic rings. The van der Waals surface area contributed by atoms with Gasteiger partial charge in [-0.3, -0.25) is 0 Å². The minimum absolute atomic E-state index is 0.289. The van der Waals surface area contributed by atoms with Crippen molar-refractivity contribution in [1.82, 2.24) is 9.84 Å². The van der Waals surface area contributed by atoms with Gasteiger partial charge in [0.25, 0.3) is 10.0 Å². The molecule has 1 heterocycles. The van der Waals surface area contributed by atoms with Crippen LogP contribution >= 0.6 is 15.9 Å². The van der Waals surface area contributed by atoms with Crippen molar-refractivity contribution in [3.63, 3.8) is 0 Å². The lowest BCUT2D eigenvalue weighted by atomic mass is 10.2. The van der Waals surface area contributed by atoms with Crippen molar-refractivity contribution in [2.24, 2.45) is 0 Å². The summed E-state index contributed by atoms with van der Waals surface area (Å²) in [5.41, 5.74) is 0. The van der Waals surface area contributed by atoms with Crippen molar-refractivity contribution >= 4 is 26.0 Å². The Balaban J connectivity index is 2.13. The largest absolute Gasteiger partial charge is 0.253 e. The molecule has 1 fully saturated rings. The van der Waals surface area contributed by atoms with Gasteiger partial charge in [0, 0.05) is 17.6 Å². The summed E-state index contributed by atoms with van der Waals surface area (Å²) in [7, 11) is -3.44. The maximum Gasteiger partial charge on any atom is 0.253 e. The molecule has 17 heavy (non-hydrogen) atoms. The first-order chi connectivity index (χ1) is 8.08. The van der Waals surface area contributed by atoms with Gasteiger partial charge in [0.1, 0.15) is 0 Å². The van der Waals surface area contributed by atoms with Crippen molar-refractivity contribution in [2.75, 3.05) is 13.1 Å². The summed E-state index contributed by atoms with van der Waals surface area (Å²) >= 11 is 3.27. The number of hydrogen-bond donors (Lipinski definition) is 1. The fraction of sp³-hybridized carbons (Fsp3) is 0.455. The van der Waals surface area contributed by atoms with Crippen molar-refractivity contribution in [2.45, 2.75) is 24.2 Å². The third kappa shape index (κ3) is 3.51. The zero-order chi connectivity index (χ0) is 12.3. The molecule has 0 saturated carbocycles. The molecule has 1 aromatic carbocycles. The standard InChI is InChI=1S/C11H15BrN2O2S/c12-10-5-4-6-11(9-10)17(15,16)13-14-7-2-1-3-8-14/h4-6,9,13H,1-3,7-8H2. The molecule has 0 unspecified atom stereocenters. The quantitative estimate of drug-likeness (QED) is 0.928. The molecule has 4 nitrogen and oxygen atoms in total. The monoisotopic (exact) mass is 318 g/mol. The van der Waals surface area contributed by atoms with Gasteiger partial charge in [-0.1, -0.05) is 28.4 Å². The summed E-state index contributed by atoms with van der Waals surface area (Å²) in [6, 6.07) is 6.72. The second kappa shape index (κ2) is 5.48. The molecule has 0 radical (unpaired) electrons. The molecule has 0 bridgehead atoms. The van der Waals surface area contributed by atoms with Crippen molar-refractivity contribution < 1.29 is 8.42 Å². The van der Waals surface area contributed by atoms with Crippen LogP contribution in [0.3, 0.4) is 0 Å². The highest BCUT2D eigenvalue weighted by molar-refractivity contribution is 9.10. The number of halogens is 1. The Bertz CT molecular complexity index is 484. The molecule has 1 aromatic rings. The van der Waals surface area contributed by atoms with Crippen molar-refractivity contribution in [3.8, 4) is 0 Å². The lowest BCUT2D eigenvalue weighted by Gasteiger charge is -2.26. The maximum absolute atomic E-state index is 12.1. The van der Waals surface area contributed by atoms with E-state index in [2.05, 4.69) is 20.8 Å². The van der Waals surface area contributed by atoms with E-state index in [1.165, 1.54) is 6.42 Å². The Labute approximate surface area is 110 Å². The number of nitrogens with one attached hydrogen (secondary N) is 1. The first-order valence-electron chi connectivity index (χ1n) is 5.61. The normalized spacial score (nSPS) is 18.2. The van der Waals surface area contributed by atoms with Crippen molar-refractivity contribution in [1.29, 1.82) is 0 Å². The second-order valence-electron chi connectivity index (χ2n) is 4.10. The van der Waals surface area contributed by atoms with E-state index in [1.807, 2.05) is 0 Å². The summed E-state index contributed by atoms with van der Waals surface area (Å²) in [5, 5.41) is 1.78. The zero-order valence-electron chi connectivity index (χ0n) is 9.39. The number of piperidine rings is 1. The summed E-state index contributed by atoms with van der Waals surface area (Å²) in [5.74, 6) is 0. The smallest absolute Gasteiger partial charge is 0.230 e. The third-order valence-electron chi connectivity index (χ3n) is 2.71. The van der Waals surface area contributed by atoms with E-state index in [4.69, 9.17) is 0 Å². The molecule has 1 aliphatic heterocycles. The first kappa shape index (κ1) is 13.0. The van der Waals surface area contributed by atoms with Gasteiger partial charge < -0.3 is 0 Å². The summed E-state index contributed by atoms with van der Waals surface area (Å²) in [6.07, 6.45) is 3.26. The van der Waals surface area contributed by atoms with Crippen LogP contribution in [0, 0.1) is 0 Å². The molecule has 1 saturated heterocycles. The van der Waals surface area contributed by atoms with E-state index in [-0.39, 0.29) is 4.90 Å². The molecule has 2 rings (SSSR count). The van der Waals surface area contributed by atoms with E-state index in [0.29, 0.717) is 0 Å². The van der Waals surface area contributed by atoms with E-state index in [0.717, 1.165) is 30.4 Å². The number of hydrogen-bond acceptors (Lipinski definition) is 3. The van der Waals surface area contributed by atoms with Gasteiger partial charge >= 0.3 is 0 Å². The van der Waals surface area contributed by atoms with E-state index in [9.17, 15) is 8.42 Å². The molecule has 1 N–H and O–H groups in total. The third-order valence-corrected chi connectivity index (χ3v) is 4.58. The molecule has 0 spiro atoms. The van der Waals surface area contributed by atoms with Crippen LogP contribution in [-0.2, 0) is 10.0 Å². The van der Waals surface area contributed by atoms with E-state index in [1.54, 1.807) is 29.3 Å². The average Bonchev–Trinajstić information content (AvgIpc) is 2.30. The lowest BCUT2D eigenvalue weighted by molar-refractivity contribution is 0.200. The predicted octanol–water partition coefficient (Wildman–Crippen LogP) is 2.13. The molecule has 0 amide bonds. The number of nitrogens with zero attached hydrogens (tertiary/aromatic N) is 1. The molecule has 94 valence electrons. The van der Waals surface area contributed by atoms with Gasteiger partial charge in [0.15, 0.2) is 0 Å². The number of hydrazine groups is 1. The van der Waals surface area contributed by atoms with Crippen LogP contribution in [0.1, 0.15) is 19.3 Å². The van der Waals surface area contributed by atoms with E-state index >= 15 is 0 Å². The minimum Gasteiger partial charge on any atom is -0.230 e. The summed E-state index contributed by atoms with van der Waals surface area (Å²) in [4.78, 5) is 2.91. The Morgan fingerprint density at radius 1 is 1.18 bits per heavy atom. The zero-order valence-corrected chi connectivity index (χ0v) is 11.8. The number of rotatable bonds is 3. The Morgan fingerprint density at radius 3 is 2.53 bits per heavy atom. The van der Waals surface area contributed by atoms with Crippen LogP contribution in [0.25, 0.3) is 0 Å². The van der Waals surface area contributed by atoms with Gasteiger partial charge in [-0.25, -0.2) is 13.4 Å². The second-order valence-corrected chi connectivity index (χ2v) is 6.68. The van der Waals surface area contributed by atoms with Gasteiger partial charge in [0.2, 0.25) is 0 Å². The maximum atomic E-state index is 12.1. The topological polar surface area (TPSA) is 49.4 Å². The highest BCUT2D eigenvalue weighted by atomic mass is 79.9. The van der Waals surface area contributed by atoms with Crippen LogP contribution in [-0.4, -0.2) is 26.5 Å². The van der Waals surface area contributed by atoms with Crippen LogP contribution in [0.4, 0.5) is 0 Å². The Hall–Kier alpha value is -0.430. The van der Waals surface area contributed by atoms with Gasteiger partial charge in [-0.15, -0.1) is 4.83 Å². The lowest BCUT2D eigenvalue weighted by Crippen LogP contribution is -2.44. The predicted molar refractivity (Wildman–Crippen MR) is 69.9 cm³/mol. The molecular weight excluding hydrogens is 304 g/mol. The molecular formula is C11H15BrN2O2S. The van der Waals surface area contributed by atoms with Crippen LogP contribution in [0.15, 0.2) is 33.6 Å². The fourth-order valence-electron chi connectivity index (χ4n) is 1.84. The number of benzene rings is 1. The molecule has 6 heteroatoms. The summed E-state index contributed by atoms with van der Waals surface area (Å²) in [6.45, 7) is 1.57. The average molecular weight is 319 g/mol. The minimum atomic E-state index is -3.44. The van der Waals surface area contributed by atoms with Crippen LogP contribution < -0.4 is 4.83 Å². The van der Waals surface area contributed by atoms with Crippen LogP contribution in [0.2, 0.25) is 0 Å². The SMILES string of the molecule is O=S(=O)(NN1CCCCC1)c1cccc(Br)c1. The van der Waals surface area contributed by atoms with E-state index < -0.39 is 10.0 Å².